The van der Waals surface area contributed by atoms with Gasteiger partial charge in [0, 0.05) is 11.3 Å². The van der Waals surface area contributed by atoms with Crippen LogP contribution in [-0.4, -0.2) is 11.5 Å². The molecular weight excluding hydrogens is 260 g/mol. The standard InChI is InChI=1S/C18H24N2O/c1-11-8-12(2)17(13(3)9-11)21-18-15(5)16(6-7-19)10-14(4)20-18/h8-10H,6-7,19H2,1-5H3. The molecule has 0 aliphatic heterocycles. The van der Waals surface area contributed by atoms with Crippen molar-refractivity contribution in [2.45, 2.75) is 41.0 Å². The zero-order valence-corrected chi connectivity index (χ0v) is 13.6. The van der Waals surface area contributed by atoms with Gasteiger partial charge in [0.05, 0.1) is 0 Å². The first-order chi connectivity index (χ1) is 9.92. The molecule has 2 aromatic rings. The summed E-state index contributed by atoms with van der Waals surface area (Å²) in [5, 5.41) is 0. The predicted octanol–water partition coefficient (Wildman–Crippen LogP) is 3.92. The zero-order chi connectivity index (χ0) is 15.6. The van der Waals surface area contributed by atoms with Gasteiger partial charge in [0.15, 0.2) is 0 Å². The molecular formula is C18H24N2O. The Bertz CT molecular complexity index is 640. The van der Waals surface area contributed by atoms with Crippen molar-refractivity contribution in [2.75, 3.05) is 6.54 Å². The minimum absolute atomic E-state index is 0.631. The minimum atomic E-state index is 0.631. The first kappa shape index (κ1) is 15.5. The Labute approximate surface area is 127 Å². The quantitative estimate of drug-likeness (QED) is 0.925. The number of nitrogens with two attached hydrogens (primary N) is 1. The second-order valence-corrected chi connectivity index (χ2v) is 5.72. The van der Waals surface area contributed by atoms with Crippen molar-refractivity contribution in [3.05, 3.63) is 51.7 Å². The van der Waals surface area contributed by atoms with Crippen molar-refractivity contribution in [3.63, 3.8) is 0 Å². The number of pyridine rings is 1. The molecule has 0 unspecified atom stereocenters. The summed E-state index contributed by atoms with van der Waals surface area (Å²) in [6, 6.07) is 6.35. The maximum absolute atomic E-state index is 6.14. The smallest absolute Gasteiger partial charge is 0.222 e. The highest BCUT2D eigenvalue weighted by atomic mass is 16.5. The molecule has 0 spiro atoms. The summed E-state index contributed by atoms with van der Waals surface area (Å²) in [5.74, 6) is 1.59. The van der Waals surface area contributed by atoms with Gasteiger partial charge in [0.1, 0.15) is 5.75 Å². The molecule has 0 bridgehead atoms. The fraction of sp³-hybridized carbons (Fsp3) is 0.389. The second-order valence-electron chi connectivity index (χ2n) is 5.72. The lowest BCUT2D eigenvalue weighted by Gasteiger charge is -2.16. The first-order valence-corrected chi connectivity index (χ1v) is 7.35. The Balaban J connectivity index is 2.45. The van der Waals surface area contributed by atoms with Crippen LogP contribution in [-0.2, 0) is 6.42 Å². The van der Waals surface area contributed by atoms with Gasteiger partial charge in [-0.15, -0.1) is 0 Å². The Hall–Kier alpha value is -1.87. The second kappa shape index (κ2) is 6.27. The van der Waals surface area contributed by atoms with E-state index in [-0.39, 0.29) is 0 Å². The normalized spacial score (nSPS) is 10.8. The van der Waals surface area contributed by atoms with E-state index in [4.69, 9.17) is 10.5 Å². The number of aromatic nitrogens is 1. The topological polar surface area (TPSA) is 48.1 Å². The summed E-state index contributed by atoms with van der Waals surface area (Å²) in [6.07, 6.45) is 0.845. The molecule has 1 aromatic heterocycles. The van der Waals surface area contributed by atoms with Crippen LogP contribution in [0.3, 0.4) is 0 Å². The number of nitrogens with zero attached hydrogens (tertiary/aromatic N) is 1. The molecule has 1 aromatic carbocycles. The highest BCUT2D eigenvalue weighted by Gasteiger charge is 2.12. The Morgan fingerprint density at radius 3 is 2.19 bits per heavy atom. The van der Waals surface area contributed by atoms with E-state index in [1.807, 2.05) is 13.8 Å². The number of ether oxygens (including phenoxy) is 1. The Kier molecular flexibility index (Phi) is 4.63. The monoisotopic (exact) mass is 284 g/mol. The summed E-state index contributed by atoms with van der Waals surface area (Å²) in [7, 11) is 0. The molecule has 0 atom stereocenters. The molecule has 0 radical (unpaired) electrons. The Morgan fingerprint density at radius 1 is 1.00 bits per heavy atom. The predicted molar refractivity (Wildman–Crippen MR) is 87.2 cm³/mol. The number of rotatable bonds is 4. The van der Waals surface area contributed by atoms with Crippen LogP contribution in [0.15, 0.2) is 18.2 Å². The third kappa shape index (κ3) is 3.42. The van der Waals surface area contributed by atoms with Gasteiger partial charge >= 0.3 is 0 Å². The number of hydrogen-bond acceptors (Lipinski definition) is 3. The lowest BCUT2D eigenvalue weighted by molar-refractivity contribution is 0.449. The summed E-state index contributed by atoms with van der Waals surface area (Å²) >= 11 is 0. The molecule has 0 aliphatic carbocycles. The van der Waals surface area contributed by atoms with E-state index >= 15 is 0 Å². The fourth-order valence-electron chi connectivity index (χ4n) is 2.71. The van der Waals surface area contributed by atoms with Gasteiger partial charge in [-0.1, -0.05) is 17.7 Å². The summed E-state index contributed by atoms with van der Waals surface area (Å²) in [4.78, 5) is 4.55. The molecule has 0 aliphatic rings. The van der Waals surface area contributed by atoms with Crippen molar-refractivity contribution < 1.29 is 4.74 Å². The fourth-order valence-corrected chi connectivity index (χ4v) is 2.71. The maximum atomic E-state index is 6.14. The lowest BCUT2D eigenvalue weighted by Crippen LogP contribution is -2.07. The molecule has 1 heterocycles. The van der Waals surface area contributed by atoms with E-state index in [2.05, 4.69) is 44.0 Å². The first-order valence-electron chi connectivity index (χ1n) is 7.35. The average Bonchev–Trinajstić information content (AvgIpc) is 2.39. The number of benzene rings is 1. The van der Waals surface area contributed by atoms with Gasteiger partial charge in [-0.25, -0.2) is 4.98 Å². The number of aryl methyl sites for hydroxylation is 4. The van der Waals surface area contributed by atoms with E-state index in [0.717, 1.165) is 34.6 Å². The average molecular weight is 284 g/mol. The van der Waals surface area contributed by atoms with Crippen molar-refractivity contribution >= 4 is 0 Å². The van der Waals surface area contributed by atoms with E-state index in [9.17, 15) is 0 Å². The van der Waals surface area contributed by atoms with Crippen molar-refractivity contribution in [3.8, 4) is 11.6 Å². The van der Waals surface area contributed by atoms with Crippen LogP contribution in [0.2, 0.25) is 0 Å². The van der Waals surface area contributed by atoms with E-state index in [1.54, 1.807) is 0 Å². The SMILES string of the molecule is Cc1cc(C)c(Oc2nc(C)cc(CCN)c2C)c(C)c1. The van der Waals surface area contributed by atoms with Crippen LogP contribution >= 0.6 is 0 Å². The lowest BCUT2D eigenvalue weighted by atomic mass is 10.1. The van der Waals surface area contributed by atoms with Crippen molar-refractivity contribution in [2.24, 2.45) is 5.73 Å². The minimum Gasteiger partial charge on any atom is -0.438 e. The molecule has 0 saturated heterocycles. The van der Waals surface area contributed by atoms with Gasteiger partial charge in [0.25, 0.3) is 0 Å². The summed E-state index contributed by atoms with van der Waals surface area (Å²) in [6.45, 7) is 10.9. The van der Waals surface area contributed by atoms with Gasteiger partial charge in [-0.05, 0) is 70.3 Å². The molecule has 3 nitrogen and oxygen atoms in total. The zero-order valence-electron chi connectivity index (χ0n) is 13.6. The molecule has 0 amide bonds. The van der Waals surface area contributed by atoms with Crippen LogP contribution in [0, 0.1) is 34.6 Å². The highest BCUT2D eigenvalue weighted by Crippen LogP contribution is 2.31. The van der Waals surface area contributed by atoms with E-state index in [1.165, 1.54) is 11.1 Å². The van der Waals surface area contributed by atoms with Crippen molar-refractivity contribution in [1.29, 1.82) is 0 Å². The molecule has 112 valence electrons. The van der Waals surface area contributed by atoms with Gasteiger partial charge in [0.2, 0.25) is 5.88 Å². The molecule has 21 heavy (non-hydrogen) atoms. The molecule has 0 saturated carbocycles. The van der Waals surface area contributed by atoms with Crippen LogP contribution in [0.4, 0.5) is 0 Å². The third-order valence-electron chi connectivity index (χ3n) is 3.68. The van der Waals surface area contributed by atoms with Crippen LogP contribution < -0.4 is 10.5 Å². The Morgan fingerprint density at radius 2 is 1.62 bits per heavy atom. The van der Waals surface area contributed by atoms with Crippen LogP contribution in [0.25, 0.3) is 0 Å². The molecule has 2 N–H and O–H groups in total. The van der Waals surface area contributed by atoms with Crippen LogP contribution in [0.5, 0.6) is 11.6 Å². The van der Waals surface area contributed by atoms with Crippen molar-refractivity contribution in [1.82, 2.24) is 4.98 Å². The van der Waals surface area contributed by atoms with E-state index < -0.39 is 0 Å². The van der Waals surface area contributed by atoms with Crippen LogP contribution in [0.1, 0.15) is 33.5 Å². The van der Waals surface area contributed by atoms with Gasteiger partial charge in [-0.2, -0.15) is 0 Å². The van der Waals surface area contributed by atoms with Gasteiger partial charge < -0.3 is 10.5 Å². The largest absolute Gasteiger partial charge is 0.438 e. The molecule has 3 heteroatoms. The number of hydrogen-bond donors (Lipinski definition) is 1. The maximum Gasteiger partial charge on any atom is 0.222 e. The highest BCUT2D eigenvalue weighted by molar-refractivity contribution is 5.46. The molecule has 0 fully saturated rings. The summed E-state index contributed by atoms with van der Waals surface area (Å²) < 4.78 is 6.14. The van der Waals surface area contributed by atoms with E-state index in [0.29, 0.717) is 12.4 Å². The summed E-state index contributed by atoms with van der Waals surface area (Å²) in [5.41, 5.74) is 12.4. The third-order valence-corrected chi connectivity index (χ3v) is 3.68. The van der Waals surface area contributed by atoms with Gasteiger partial charge in [-0.3, -0.25) is 0 Å². The molecule has 2 rings (SSSR count).